The molecule has 0 saturated carbocycles. The lowest BCUT2D eigenvalue weighted by atomic mass is 9.99. The molecule has 30 heavy (non-hydrogen) atoms. The molecule has 6 nitrogen and oxygen atoms in total. The van der Waals surface area contributed by atoms with Gasteiger partial charge in [-0.1, -0.05) is 22.8 Å². The number of aryl methyl sites for hydroxylation is 2. The van der Waals surface area contributed by atoms with Gasteiger partial charge in [0.1, 0.15) is 23.2 Å². The Morgan fingerprint density at radius 2 is 2.13 bits per heavy atom. The smallest absolute Gasteiger partial charge is 0.256 e. The first-order chi connectivity index (χ1) is 14.5. The number of fused-ring (bicyclic) bond motifs is 2. The summed E-state index contributed by atoms with van der Waals surface area (Å²) >= 11 is 6.40. The quantitative estimate of drug-likeness (QED) is 0.494. The topological polar surface area (TPSA) is 80.2 Å². The minimum atomic E-state index is -0.207. The van der Waals surface area contributed by atoms with Gasteiger partial charge in [0.25, 0.3) is 5.91 Å². The average Bonchev–Trinajstić information content (AvgIpc) is 3.43. The second-order valence-corrected chi connectivity index (χ2v) is 8.01. The van der Waals surface area contributed by atoms with E-state index in [-0.39, 0.29) is 12.0 Å². The number of nitrogens with zero attached hydrogens (tertiary/aromatic N) is 1. The highest BCUT2D eigenvalue weighted by atomic mass is 35.5. The number of benzene rings is 2. The number of carbonyl (C=O) groups excluding carboxylic acids is 1. The first kappa shape index (κ1) is 18.8. The Labute approximate surface area is 178 Å². The molecule has 0 spiro atoms. The molecule has 0 fully saturated rings. The Morgan fingerprint density at radius 1 is 1.27 bits per heavy atom. The van der Waals surface area contributed by atoms with E-state index < -0.39 is 0 Å². The molecule has 0 saturated heterocycles. The van der Waals surface area contributed by atoms with Crippen molar-refractivity contribution in [1.82, 2.24) is 15.5 Å². The van der Waals surface area contributed by atoms with Crippen molar-refractivity contribution in [2.75, 3.05) is 6.54 Å². The number of rotatable bonds is 4. The first-order valence-corrected chi connectivity index (χ1v) is 10.1. The molecule has 1 unspecified atom stereocenters. The Bertz CT molecular complexity index is 1250. The van der Waals surface area contributed by atoms with Crippen molar-refractivity contribution in [2.45, 2.75) is 26.4 Å². The molecule has 1 aliphatic heterocycles. The molecular weight excluding hydrogens is 402 g/mol. The van der Waals surface area contributed by atoms with Crippen molar-refractivity contribution < 1.29 is 14.1 Å². The van der Waals surface area contributed by atoms with Crippen molar-refractivity contribution in [3.63, 3.8) is 0 Å². The van der Waals surface area contributed by atoms with E-state index >= 15 is 0 Å². The van der Waals surface area contributed by atoms with Gasteiger partial charge in [-0.3, -0.25) is 4.79 Å². The monoisotopic (exact) mass is 421 g/mol. The first-order valence-electron chi connectivity index (χ1n) is 9.77. The summed E-state index contributed by atoms with van der Waals surface area (Å²) in [7, 11) is 0. The second-order valence-electron chi connectivity index (χ2n) is 7.57. The molecule has 0 bridgehead atoms. The van der Waals surface area contributed by atoms with E-state index in [2.05, 4.69) is 27.6 Å². The standard InChI is InChI=1S/C23H20ClN3O3/c1-12-21(13(2)30-27-12)23(28)26-11-18-9-16-8-17(24)10-19(22(16)29-18)14-3-4-20-15(7-14)5-6-25-20/h3-8,10,18,25H,9,11H2,1-2H3,(H,26,28). The van der Waals surface area contributed by atoms with Crippen molar-refractivity contribution in [3.8, 4) is 16.9 Å². The molecule has 7 heteroatoms. The predicted molar refractivity (Wildman–Crippen MR) is 115 cm³/mol. The van der Waals surface area contributed by atoms with E-state index in [9.17, 15) is 4.79 Å². The number of aromatic amines is 1. The number of ether oxygens (including phenoxy) is 1. The van der Waals surface area contributed by atoms with Crippen LogP contribution in [-0.4, -0.2) is 28.7 Å². The highest BCUT2D eigenvalue weighted by Crippen LogP contribution is 2.41. The summed E-state index contributed by atoms with van der Waals surface area (Å²) in [5, 5.41) is 8.57. The van der Waals surface area contributed by atoms with E-state index in [4.69, 9.17) is 20.9 Å². The van der Waals surface area contributed by atoms with Gasteiger partial charge in [-0.25, -0.2) is 0 Å². The van der Waals surface area contributed by atoms with Gasteiger partial charge in [0.05, 0.1) is 12.2 Å². The number of halogens is 1. The lowest BCUT2D eigenvalue weighted by molar-refractivity contribution is 0.0931. The molecule has 1 atom stereocenters. The molecule has 3 heterocycles. The van der Waals surface area contributed by atoms with Crippen LogP contribution in [0.15, 0.2) is 47.1 Å². The van der Waals surface area contributed by atoms with Gasteiger partial charge in [-0.15, -0.1) is 0 Å². The van der Waals surface area contributed by atoms with E-state index in [0.29, 0.717) is 35.0 Å². The fraction of sp³-hybridized carbons (Fsp3) is 0.217. The normalized spacial score (nSPS) is 15.2. The van der Waals surface area contributed by atoms with Gasteiger partial charge in [0.15, 0.2) is 0 Å². The third kappa shape index (κ3) is 3.23. The zero-order valence-corrected chi connectivity index (χ0v) is 17.3. The zero-order chi connectivity index (χ0) is 20.8. The SMILES string of the molecule is Cc1noc(C)c1C(=O)NCC1Cc2cc(Cl)cc(-c3ccc4[nH]ccc4c3)c2O1. The maximum atomic E-state index is 12.5. The van der Waals surface area contributed by atoms with Gasteiger partial charge in [-0.05, 0) is 55.1 Å². The number of hydrogen-bond acceptors (Lipinski definition) is 4. The highest BCUT2D eigenvalue weighted by Gasteiger charge is 2.28. The van der Waals surface area contributed by atoms with E-state index in [1.54, 1.807) is 13.8 Å². The lowest BCUT2D eigenvalue weighted by Gasteiger charge is -2.14. The summed E-state index contributed by atoms with van der Waals surface area (Å²) < 4.78 is 11.3. The maximum absolute atomic E-state index is 12.5. The molecule has 2 aromatic carbocycles. The Hall–Kier alpha value is -3.25. The molecule has 0 aliphatic carbocycles. The summed E-state index contributed by atoms with van der Waals surface area (Å²) in [6.45, 7) is 3.86. The molecule has 5 rings (SSSR count). The number of hydrogen-bond donors (Lipinski definition) is 2. The van der Waals surface area contributed by atoms with E-state index in [1.807, 2.05) is 30.5 Å². The average molecular weight is 422 g/mol. The fourth-order valence-electron chi connectivity index (χ4n) is 4.05. The van der Waals surface area contributed by atoms with Crippen LogP contribution >= 0.6 is 11.6 Å². The Morgan fingerprint density at radius 3 is 2.93 bits per heavy atom. The number of carbonyl (C=O) groups is 1. The molecule has 1 amide bonds. The number of H-pyrrole nitrogens is 1. The fourth-order valence-corrected chi connectivity index (χ4v) is 4.29. The van der Waals surface area contributed by atoms with Crippen molar-refractivity contribution >= 4 is 28.4 Å². The van der Waals surface area contributed by atoms with Crippen molar-refractivity contribution in [3.05, 3.63) is 70.2 Å². The summed E-state index contributed by atoms with van der Waals surface area (Å²) in [6.07, 6.45) is 2.43. The maximum Gasteiger partial charge on any atom is 0.256 e. The minimum Gasteiger partial charge on any atom is -0.487 e. The van der Waals surface area contributed by atoms with Gasteiger partial charge in [0.2, 0.25) is 0 Å². The Balaban J connectivity index is 1.38. The molecule has 2 N–H and O–H groups in total. The summed E-state index contributed by atoms with van der Waals surface area (Å²) in [5.41, 5.74) is 5.19. The summed E-state index contributed by atoms with van der Waals surface area (Å²) in [4.78, 5) is 15.7. The lowest BCUT2D eigenvalue weighted by Crippen LogP contribution is -2.34. The van der Waals surface area contributed by atoms with Crippen LogP contribution in [0.3, 0.4) is 0 Å². The zero-order valence-electron chi connectivity index (χ0n) is 16.6. The van der Waals surface area contributed by atoms with E-state index in [0.717, 1.165) is 33.3 Å². The van der Waals surface area contributed by atoms with Crippen LogP contribution in [0.2, 0.25) is 5.02 Å². The molecule has 2 aromatic heterocycles. The van der Waals surface area contributed by atoms with Crippen LogP contribution in [0.25, 0.3) is 22.0 Å². The summed E-state index contributed by atoms with van der Waals surface area (Å²) in [6, 6.07) is 12.1. The van der Waals surface area contributed by atoms with Crippen LogP contribution in [0.1, 0.15) is 27.4 Å². The van der Waals surface area contributed by atoms with Crippen LogP contribution in [0.5, 0.6) is 5.75 Å². The van der Waals surface area contributed by atoms with Gasteiger partial charge in [-0.2, -0.15) is 0 Å². The van der Waals surface area contributed by atoms with Crippen molar-refractivity contribution in [2.24, 2.45) is 0 Å². The van der Waals surface area contributed by atoms with Crippen LogP contribution in [-0.2, 0) is 6.42 Å². The minimum absolute atomic E-state index is 0.169. The number of nitrogens with one attached hydrogen (secondary N) is 2. The van der Waals surface area contributed by atoms with Gasteiger partial charge >= 0.3 is 0 Å². The summed E-state index contributed by atoms with van der Waals surface area (Å²) in [5.74, 6) is 1.13. The predicted octanol–water partition coefficient (Wildman–Crippen LogP) is 4.83. The second kappa shape index (κ2) is 7.22. The molecular formula is C23H20ClN3O3. The molecule has 0 radical (unpaired) electrons. The van der Waals surface area contributed by atoms with Gasteiger partial charge in [0, 0.05) is 34.3 Å². The number of aromatic nitrogens is 2. The highest BCUT2D eigenvalue weighted by molar-refractivity contribution is 6.31. The molecule has 152 valence electrons. The molecule has 1 aliphatic rings. The van der Waals surface area contributed by atoms with Crippen LogP contribution < -0.4 is 10.1 Å². The van der Waals surface area contributed by atoms with Crippen LogP contribution in [0.4, 0.5) is 0 Å². The third-order valence-electron chi connectivity index (χ3n) is 5.48. The largest absolute Gasteiger partial charge is 0.487 e. The van der Waals surface area contributed by atoms with E-state index in [1.165, 1.54) is 0 Å². The molecule has 4 aromatic rings. The Kier molecular flexibility index (Phi) is 4.51. The van der Waals surface area contributed by atoms with Gasteiger partial charge < -0.3 is 19.6 Å². The van der Waals surface area contributed by atoms with Crippen LogP contribution in [0, 0.1) is 13.8 Å². The number of amides is 1. The van der Waals surface area contributed by atoms with Crippen molar-refractivity contribution in [1.29, 1.82) is 0 Å². The third-order valence-corrected chi connectivity index (χ3v) is 5.70.